The van der Waals surface area contributed by atoms with Crippen LogP contribution in [0.25, 0.3) is 0 Å². The van der Waals surface area contributed by atoms with Crippen molar-refractivity contribution < 1.29 is 28.6 Å². The van der Waals surface area contributed by atoms with Gasteiger partial charge in [0.1, 0.15) is 13.2 Å². The van der Waals surface area contributed by atoms with Crippen LogP contribution in [-0.4, -0.2) is 37.2 Å². The van der Waals surface area contributed by atoms with Gasteiger partial charge in [-0.1, -0.05) is 341 Å². The number of ether oxygens (including phenoxy) is 3. The first-order valence-corrected chi connectivity index (χ1v) is 34.2. The van der Waals surface area contributed by atoms with E-state index in [-0.39, 0.29) is 31.1 Å². The number of esters is 3. The Morgan fingerprint density at radius 1 is 0.253 bits per heavy atom. The van der Waals surface area contributed by atoms with Crippen molar-refractivity contribution in [3.63, 3.8) is 0 Å². The van der Waals surface area contributed by atoms with E-state index in [1.54, 1.807) is 0 Å². The maximum Gasteiger partial charge on any atom is 0.306 e. The molecule has 0 saturated heterocycles. The Morgan fingerprint density at radius 3 is 0.680 bits per heavy atom. The molecule has 75 heavy (non-hydrogen) atoms. The maximum atomic E-state index is 12.9. The molecule has 0 heterocycles. The van der Waals surface area contributed by atoms with E-state index in [1.807, 2.05) is 0 Å². The molecule has 0 aromatic rings. The van der Waals surface area contributed by atoms with Crippen LogP contribution in [0.1, 0.15) is 393 Å². The fraction of sp³-hybridized carbons (Fsp3) is 0.928. The van der Waals surface area contributed by atoms with Gasteiger partial charge in [-0.25, -0.2) is 0 Å². The molecule has 0 fully saturated rings. The van der Waals surface area contributed by atoms with Crippen molar-refractivity contribution in [1.29, 1.82) is 0 Å². The molecule has 1 atom stereocenters. The van der Waals surface area contributed by atoms with Crippen LogP contribution in [0.15, 0.2) is 12.2 Å². The third-order valence-corrected chi connectivity index (χ3v) is 15.8. The van der Waals surface area contributed by atoms with Crippen molar-refractivity contribution in [1.82, 2.24) is 0 Å². The normalized spacial score (nSPS) is 12.0. The number of hydrogen-bond donors (Lipinski definition) is 0. The highest BCUT2D eigenvalue weighted by molar-refractivity contribution is 5.71. The largest absolute Gasteiger partial charge is 0.462 e. The van der Waals surface area contributed by atoms with Crippen LogP contribution >= 0.6 is 0 Å². The summed E-state index contributed by atoms with van der Waals surface area (Å²) in [5, 5.41) is 0. The molecule has 0 aliphatic carbocycles. The minimum Gasteiger partial charge on any atom is -0.462 e. The van der Waals surface area contributed by atoms with Crippen LogP contribution in [-0.2, 0) is 28.6 Å². The van der Waals surface area contributed by atoms with Gasteiger partial charge in [0.25, 0.3) is 0 Å². The van der Waals surface area contributed by atoms with Crippen LogP contribution in [0.5, 0.6) is 0 Å². The Bertz CT molecular complexity index is 1170. The summed E-state index contributed by atoms with van der Waals surface area (Å²) < 4.78 is 17.0. The minimum absolute atomic E-state index is 0.0643. The zero-order valence-corrected chi connectivity index (χ0v) is 51.1. The predicted octanol–water partition coefficient (Wildman–Crippen LogP) is 23.2. The summed E-state index contributed by atoms with van der Waals surface area (Å²) in [6.07, 6.45) is 76.6. The van der Waals surface area contributed by atoms with Gasteiger partial charge in [0, 0.05) is 19.3 Å². The molecule has 0 bridgehead atoms. The lowest BCUT2D eigenvalue weighted by atomic mass is 10.0. The van der Waals surface area contributed by atoms with Crippen molar-refractivity contribution in [3.05, 3.63) is 12.2 Å². The first-order valence-electron chi connectivity index (χ1n) is 34.2. The molecule has 0 saturated carbocycles. The van der Waals surface area contributed by atoms with Gasteiger partial charge in [0.2, 0.25) is 0 Å². The summed E-state index contributed by atoms with van der Waals surface area (Å²) in [7, 11) is 0. The van der Waals surface area contributed by atoms with Gasteiger partial charge < -0.3 is 14.2 Å². The monoisotopic (exact) mass is 1060 g/mol. The summed E-state index contributed by atoms with van der Waals surface area (Å²) in [6, 6.07) is 0. The van der Waals surface area contributed by atoms with Crippen LogP contribution < -0.4 is 0 Å². The van der Waals surface area contributed by atoms with Crippen molar-refractivity contribution in [2.75, 3.05) is 13.2 Å². The molecule has 0 unspecified atom stereocenters. The third kappa shape index (κ3) is 62.9. The lowest BCUT2D eigenvalue weighted by Crippen LogP contribution is -2.30. The number of carbonyl (C=O) groups is 3. The second kappa shape index (κ2) is 64.7. The SMILES string of the molecule is CCCCCC/C=C\CCCCCCCCCC(=O)OC[C@H](COC(=O)CCCCCCCCCCCCCCCCCCCCCCC)OC(=O)CCCCCCCCCCCCCCCCCCCCCCC. The summed E-state index contributed by atoms with van der Waals surface area (Å²) in [5.41, 5.74) is 0. The average molecular weight is 1060 g/mol. The van der Waals surface area contributed by atoms with Gasteiger partial charge in [-0.15, -0.1) is 0 Å². The molecule has 444 valence electrons. The average Bonchev–Trinajstić information content (AvgIpc) is 3.41. The smallest absolute Gasteiger partial charge is 0.306 e. The second-order valence-electron chi connectivity index (χ2n) is 23.5. The highest BCUT2D eigenvalue weighted by atomic mass is 16.6. The quantitative estimate of drug-likeness (QED) is 0.0261. The molecule has 0 aromatic heterocycles. The second-order valence-corrected chi connectivity index (χ2v) is 23.5. The summed E-state index contributed by atoms with van der Waals surface area (Å²) in [6.45, 7) is 6.72. The van der Waals surface area contributed by atoms with Crippen LogP contribution in [0.4, 0.5) is 0 Å². The first-order chi connectivity index (χ1) is 37.0. The molecule has 0 aliphatic heterocycles. The zero-order valence-electron chi connectivity index (χ0n) is 51.1. The van der Waals surface area contributed by atoms with Crippen LogP contribution in [0.3, 0.4) is 0 Å². The molecule has 0 aromatic carbocycles. The van der Waals surface area contributed by atoms with Gasteiger partial charge >= 0.3 is 17.9 Å². The van der Waals surface area contributed by atoms with Crippen molar-refractivity contribution in [2.45, 2.75) is 399 Å². The molecule has 6 nitrogen and oxygen atoms in total. The fourth-order valence-electron chi connectivity index (χ4n) is 10.6. The predicted molar refractivity (Wildman–Crippen MR) is 326 cm³/mol. The molecule has 0 radical (unpaired) electrons. The number of allylic oxidation sites excluding steroid dienone is 2. The molecular formula is C69H132O6. The molecule has 0 aliphatic rings. The highest BCUT2D eigenvalue weighted by Crippen LogP contribution is 2.19. The molecule has 0 spiro atoms. The topological polar surface area (TPSA) is 78.9 Å². The van der Waals surface area contributed by atoms with Crippen molar-refractivity contribution in [2.24, 2.45) is 0 Å². The Hall–Kier alpha value is -1.85. The molecule has 0 rings (SSSR count). The van der Waals surface area contributed by atoms with Gasteiger partial charge in [-0.3, -0.25) is 14.4 Å². The van der Waals surface area contributed by atoms with E-state index >= 15 is 0 Å². The Labute approximate surface area is 469 Å². The summed E-state index contributed by atoms with van der Waals surface area (Å²) >= 11 is 0. The van der Waals surface area contributed by atoms with E-state index < -0.39 is 6.10 Å². The van der Waals surface area contributed by atoms with Gasteiger partial charge in [0.15, 0.2) is 6.10 Å². The van der Waals surface area contributed by atoms with E-state index in [2.05, 4.69) is 32.9 Å². The highest BCUT2D eigenvalue weighted by Gasteiger charge is 2.19. The van der Waals surface area contributed by atoms with Crippen molar-refractivity contribution >= 4 is 17.9 Å². The van der Waals surface area contributed by atoms with Crippen LogP contribution in [0, 0.1) is 0 Å². The van der Waals surface area contributed by atoms with Gasteiger partial charge in [-0.05, 0) is 44.9 Å². The maximum absolute atomic E-state index is 12.9. The summed E-state index contributed by atoms with van der Waals surface area (Å²) in [5.74, 6) is -0.834. The molecule has 6 heteroatoms. The standard InChI is InChI=1S/C69H132O6/c1-4-7-10-13-16-19-22-25-28-30-32-34-36-38-41-44-47-50-53-56-59-62-68(71)74-65-66(64-73-67(70)61-58-55-52-49-46-43-40-27-24-21-18-15-12-9-6-3)75-69(72)63-60-57-54-51-48-45-42-39-37-35-33-31-29-26-23-20-17-14-11-8-5-2/h21,24,66H,4-20,22-23,25-65H2,1-3H3/b24-21-/t66-/m1/s1. The third-order valence-electron chi connectivity index (χ3n) is 15.8. The lowest BCUT2D eigenvalue weighted by molar-refractivity contribution is -0.167. The fourth-order valence-corrected chi connectivity index (χ4v) is 10.6. The molecular weight excluding hydrogens is 925 g/mol. The molecule has 0 N–H and O–H groups in total. The Kier molecular flexibility index (Phi) is 63.1. The number of hydrogen-bond acceptors (Lipinski definition) is 6. The lowest BCUT2D eigenvalue weighted by Gasteiger charge is -2.18. The number of rotatable bonds is 64. The van der Waals surface area contributed by atoms with E-state index in [1.165, 1.54) is 295 Å². The van der Waals surface area contributed by atoms with E-state index in [4.69, 9.17) is 14.2 Å². The first kappa shape index (κ1) is 73.2. The molecule has 0 amide bonds. The Morgan fingerprint density at radius 2 is 0.440 bits per heavy atom. The number of carbonyl (C=O) groups excluding carboxylic acids is 3. The van der Waals surface area contributed by atoms with E-state index in [0.29, 0.717) is 19.3 Å². The van der Waals surface area contributed by atoms with E-state index in [0.717, 1.165) is 57.8 Å². The van der Waals surface area contributed by atoms with Gasteiger partial charge in [0.05, 0.1) is 0 Å². The van der Waals surface area contributed by atoms with Crippen LogP contribution in [0.2, 0.25) is 0 Å². The number of unbranched alkanes of at least 4 members (excludes halogenated alkanes) is 51. The zero-order chi connectivity index (χ0) is 54.3. The summed E-state index contributed by atoms with van der Waals surface area (Å²) in [4.78, 5) is 38.4. The van der Waals surface area contributed by atoms with Crippen molar-refractivity contribution in [3.8, 4) is 0 Å². The Balaban J connectivity index is 4.26. The van der Waals surface area contributed by atoms with Gasteiger partial charge in [-0.2, -0.15) is 0 Å². The van der Waals surface area contributed by atoms with E-state index in [9.17, 15) is 14.4 Å². The minimum atomic E-state index is -0.768.